The number of nitrogens with zero attached hydrogens (tertiary/aromatic N) is 1. The average Bonchev–Trinajstić information content (AvgIpc) is 2.81. The van der Waals surface area contributed by atoms with Crippen molar-refractivity contribution >= 4 is 5.97 Å². The molecule has 4 nitrogen and oxygen atoms in total. The van der Waals surface area contributed by atoms with Crippen LogP contribution in [-0.4, -0.2) is 11.0 Å². The second kappa shape index (κ2) is 4.78. The van der Waals surface area contributed by atoms with E-state index in [0.29, 0.717) is 12.2 Å². The van der Waals surface area contributed by atoms with Gasteiger partial charge in [0.1, 0.15) is 5.76 Å². The van der Waals surface area contributed by atoms with Gasteiger partial charge in [0.05, 0.1) is 0 Å². The van der Waals surface area contributed by atoms with Crippen LogP contribution in [0.1, 0.15) is 23.2 Å². The standard InChI is InChI=1S/C12H10FNO3/c1-2-8-5-6-10(16-8)12(15)17-9-4-3-7-14-11(9)13/h3-7H,2H2,1H3. The van der Waals surface area contributed by atoms with Crippen molar-refractivity contribution in [2.45, 2.75) is 13.3 Å². The number of aryl methyl sites for hydroxylation is 1. The summed E-state index contributed by atoms with van der Waals surface area (Å²) in [5.74, 6) is -1.07. The molecule has 2 heterocycles. The van der Waals surface area contributed by atoms with Crippen LogP contribution < -0.4 is 4.74 Å². The predicted octanol–water partition coefficient (Wildman–Crippen LogP) is 2.60. The zero-order chi connectivity index (χ0) is 12.3. The van der Waals surface area contributed by atoms with Gasteiger partial charge in [-0.1, -0.05) is 6.92 Å². The van der Waals surface area contributed by atoms with E-state index in [4.69, 9.17) is 9.15 Å². The van der Waals surface area contributed by atoms with Crippen molar-refractivity contribution in [1.29, 1.82) is 0 Å². The summed E-state index contributed by atoms with van der Waals surface area (Å²) < 4.78 is 23.1. The molecule has 0 spiro atoms. The first-order valence-electron chi connectivity index (χ1n) is 5.12. The number of rotatable bonds is 3. The Morgan fingerprint density at radius 3 is 2.94 bits per heavy atom. The Bertz CT molecular complexity index is 536. The molecule has 0 saturated heterocycles. The normalized spacial score (nSPS) is 10.2. The lowest BCUT2D eigenvalue weighted by Crippen LogP contribution is -2.08. The van der Waals surface area contributed by atoms with Crippen LogP contribution in [0.25, 0.3) is 0 Å². The number of carbonyl (C=O) groups is 1. The van der Waals surface area contributed by atoms with E-state index in [2.05, 4.69) is 4.98 Å². The monoisotopic (exact) mass is 235 g/mol. The smallest absolute Gasteiger partial charge is 0.379 e. The second-order valence-corrected chi connectivity index (χ2v) is 3.30. The molecular weight excluding hydrogens is 225 g/mol. The first kappa shape index (κ1) is 11.3. The van der Waals surface area contributed by atoms with Crippen LogP contribution in [0.4, 0.5) is 4.39 Å². The molecule has 0 bridgehead atoms. The van der Waals surface area contributed by atoms with Crippen LogP contribution in [0.5, 0.6) is 5.75 Å². The quantitative estimate of drug-likeness (QED) is 0.606. The Balaban J connectivity index is 2.14. The van der Waals surface area contributed by atoms with Gasteiger partial charge >= 0.3 is 5.97 Å². The van der Waals surface area contributed by atoms with Gasteiger partial charge in [-0.15, -0.1) is 0 Å². The van der Waals surface area contributed by atoms with Gasteiger partial charge in [-0.3, -0.25) is 0 Å². The van der Waals surface area contributed by atoms with Gasteiger partial charge in [0.2, 0.25) is 5.76 Å². The molecule has 0 aliphatic carbocycles. The third-order valence-corrected chi connectivity index (χ3v) is 2.14. The van der Waals surface area contributed by atoms with E-state index in [1.165, 1.54) is 24.4 Å². The Hall–Kier alpha value is -2.17. The van der Waals surface area contributed by atoms with Crippen LogP contribution in [-0.2, 0) is 6.42 Å². The maximum absolute atomic E-state index is 13.1. The molecule has 0 radical (unpaired) electrons. The lowest BCUT2D eigenvalue weighted by molar-refractivity contribution is 0.0691. The highest BCUT2D eigenvalue weighted by molar-refractivity contribution is 5.88. The first-order valence-corrected chi connectivity index (χ1v) is 5.12. The molecule has 2 rings (SSSR count). The number of furan rings is 1. The number of ether oxygens (including phenoxy) is 1. The summed E-state index contributed by atoms with van der Waals surface area (Å²) in [6.45, 7) is 1.90. The van der Waals surface area contributed by atoms with E-state index in [1.54, 1.807) is 6.07 Å². The fraction of sp³-hybridized carbons (Fsp3) is 0.167. The van der Waals surface area contributed by atoms with Gasteiger partial charge in [0.15, 0.2) is 5.75 Å². The average molecular weight is 235 g/mol. The fourth-order valence-electron chi connectivity index (χ4n) is 1.28. The van der Waals surface area contributed by atoms with Crippen molar-refractivity contribution in [2.75, 3.05) is 0 Å². The van der Waals surface area contributed by atoms with Gasteiger partial charge in [0.25, 0.3) is 5.95 Å². The first-order chi connectivity index (χ1) is 8.20. The van der Waals surface area contributed by atoms with Gasteiger partial charge in [0, 0.05) is 12.6 Å². The summed E-state index contributed by atoms with van der Waals surface area (Å²) in [6, 6.07) is 5.97. The molecule has 0 atom stereocenters. The summed E-state index contributed by atoms with van der Waals surface area (Å²) in [7, 11) is 0. The molecule has 0 saturated carbocycles. The van der Waals surface area contributed by atoms with E-state index < -0.39 is 11.9 Å². The Kier molecular flexibility index (Phi) is 3.18. The molecule has 0 aromatic carbocycles. The summed E-state index contributed by atoms with van der Waals surface area (Å²) in [5.41, 5.74) is 0. The largest absolute Gasteiger partial charge is 0.454 e. The molecule has 17 heavy (non-hydrogen) atoms. The molecule has 0 amide bonds. The minimum Gasteiger partial charge on any atom is -0.454 e. The van der Waals surface area contributed by atoms with E-state index in [9.17, 15) is 9.18 Å². The SMILES string of the molecule is CCc1ccc(C(=O)Oc2cccnc2F)o1. The van der Waals surface area contributed by atoms with Crippen molar-refractivity contribution in [3.63, 3.8) is 0 Å². The zero-order valence-electron chi connectivity index (χ0n) is 9.14. The second-order valence-electron chi connectivity index (χ2n) is 3.30. The molecule has 2 aromatic rings. The third-order valence-electron chi connectivity index (χ3n) is 2.14. The van der Waals surface area contributed by atoms with Crippen LogP contribution in [0, 0.1) is 5.95 Å². The summed E-state index contributed by atoms with van der Waals surface area (Å²) >= 11 is 0. The summed E-state index contributed by atoms with van der Waals surface area (Å²) in [5, 5.41) is 0. The summed E-state index contributed by atoms with van der Waals surface area (Å²) in [6.07, 6.45) is 1.95. The van der Waals surface area contributed by atoms with Crippen molar-refractivity contribution in [3.05, 3.63) is 47.9 Å². The highest BCUT2D eigenvalue weighted by Gasteiger charge is 2.15. The highest BCUT2D eigenvalue weighted by atomic mass is 19.1. The number of carbonyl (C=O) groups excluding carboxylic acids is 1. The van der Waals surface area contributed by atoms with Gasteiger partial charge in [-0.05, 0) is 24.3 Å². The van der Waals surface area contributed by atoms with Gasteiger partial charge in [-0.2, -0.15) is 4.39 Å². The predicted molar refractivity (Wildman–Crippen MR) is 57.2 cm³/mol. The van der Waals surface area contributed by atoms with Crippen molar-refractivity contribution in [2.24, 2.45) is 0 Å². The molecule has 0 aliphatic heterocycles. The molecule has 0 fully saturated rings. The Morgan fingerprint density at radius 2 is 2.29 bits per heavy atom. The molecule has 0 unspecified atom stereocenters. The Morgan fingerprint density at radius 1 is 1.47 bits per heavy atom. The molecule has 0 aliphatic rings. The lowest BCUT2D eigenvalue weighted by Gasteiger charge is -2.01. The van der Waals surface area contributed by atoms with Crippen LogP contribution in [0.15, 0.2) is 34.9 Å². The zero-order valence-corrected chi connectivity index (χ0v) is 9.14. The molecule has 2 aromatic heterocycles. The van der Waals surface area contributed by atoms with E-state index in [0.717, 1.165) is 0 Å². The topological polar surface area (TPSA) is 52.3 Å². The van der Waals surface area contributed by atoms with Crippen molar-refractivity contribution in [1.82, 2.24) is 4.98 Å². The molecule has 0 N–H and O–H groups in total. The summed E-state index contributed by atoms with van der Waals surface area (Å²) in [4.78, 5) is 15.0. The van der Waals surface area contributed by atoms with Gasteiger partial charge < -0.3 is 9.15 Å². The maximum Gasteiger partial charge on any atom is 0.379 e. The number of esters is 1. The number of aromatic nitrogens is 1. The molecule has 5 heteroatoms. The molecular formula is C12H10FNO3. The lowest BCUT2D eigenvalue weighted by atomic mass is 10.3. The van der Waals surface area contributed by atoms with Gasteiger partial charge in [-0.25, -0.2) is 9.78 Å². The van der Waals surface area contributed by atoms with Crippen LogP contribution in [0.3, 0.4) is 0 Å². The van der Waals surface area contributed by atoms with Crippen molar-refractivity contribution < 1.29 is 18.3 Å². The maximum atomic E-state index is 13.1. The van der Waals surface area contributed by atoms with Crippen LogP contribution >= 0.6 is 0 Å². The van der Waals surface area contributed by atoms with E-state index >= 15 is 0 Å². The van der Waals surface area contributed by atoms with E-state index in [-0.39, 0.29) is 11.5 Å². The highest BCUT2D eigenvalue weighted by Crippen LogP contribution is 2.16. The number of pyridine rings is 1. The number of hydrogen-bond acceptors (Lipinski definition) is 4. The van der Waals surface area contributed by atoms with Crippen LogP contribution in [0.2, 0.25) is 0 Å². The Labute approximate surface area is 97.0 Å². The third kappa shape index (κ3) is 2.50. The fourth-order valence-corrected chi connectivity index (χ4v) is 1.28. The van der Waals surface area contributed by atoms with E-state index in [1.807, 2.05) is 6.92 Å². The van der Waals surface area contributed by atoms with Crippen molar-refractivity contribution in [3.8, 4) is 5.75 Å². The number of hydrogen-bond donors (Lipinski definition) is 0. The molecule has 88 valence electrons. The minimum absolute atomic E-state index is 0.0464. The minimum atomic E-state index is -0.830. The number of halogens is 1.